The average molecular weight is 339 g/mol. The van der Waals surface area contributed by atoms with Crippen molar-refractivity contribution in [1.82, 2.24) is 4.98 Å². The van der Waals surface area contributed by atoms with E-state index in [1.54, 1.807) is 0 Å². The number of phenolic OH excluding ortho intramolecular Hbond substituents is 1. The van der Waals surface area contributed by atoms with Gasteiger partial charge in [0.15, 0.2) is 5.13 Å². The molecule has 4 N–H and O–H groups in total. The first kappa shape index (κ1) is 15.4. The van der Waals surface area contributed by atoms with Crippen molar-refractivity contribution in [3.05, 3.63) is 23.6 Å². The summed E-state index contributed by atoms with van der Waals surface area (Å²) in [6.45, 7) is 0. The van der Waals surface area contributed by atoms with E-state index in [0.717, 1.165) is 0 Å². The SMILES string of the molecule is Nc1cc(-c2csc(NS(=O)(=O)C(F)(F)F)n2)ccc1O. The molecule has 0 unspecified atom stereocenters. The summed E-state index contributed by atoms with van der Waals surface area (Å²) in [5.74, 6) is -0.146. The monoisotopic (exact) mass is 339 g/mol. The van der Waals surface area contributed by atoms with E-state index in [1.165, 1.54) is 28.3 Å². The highest BCUT2D eigenvalue weighted by Gasteiger charge is 2.46. The zero-order valence-electron chi connectivity index (χ0n) is 10.0. The van der Waals surface area contributed by atoms with Gasteiger partial charge in [-0.3, -0.25) is 4.72 Å². The lowest BCUT2D eigenvalue weighted by Crippen LogP contribution is -2.29. The Labute approximate surface area is 121 Å². The van der Waals surface area contributed by atoms with Gasteiger partial charge in [0, 0.05) is 10.9 Å². The highest BCUT2D eigenvalue weighted by molar-refractivity contribution is 7.93. The number of anilines is 2. The largest absolute Gasteiger partial charge is 0.516 e. The maximum absolute atomic E-state index is 12.2. The minimum Gasteiger partial charge on any atom is -0.506 e. The van der Waals surface area contributed by atoms with E-state index in [-0.39, 0.29) is 17.1 Å². The van der Waals surface area contributed by atoms with Gasteiger partial charge in [-0.25, -0.2) is 4.98 Å². The molecule has 0 bridgehead atoms. The van der Waals surface area contributed by atoms with Crippen molar-refractivity contribution >= 4 is 32.2 Å². The normalized spacial score (nSPS) is 12.3. The quantitative estimate of drug-likeness (QED) is 0.588. The first-order valence-electron chi connectivity index (χ1n) is 5.23. The Morgan fingerprint density at radius 2 is 2.00 bits per heavy atom. The predicted octanol–water partition coefficient (Wildman–Crippen LogP) is 2.36. The predicted molar refractivity (Wildman–Crippen MR) is 72.2 cm³/mol. The van der Waals surface area contributed by atoms with Crippen LogP contribution in [0.5, 0.6) is 5.75 Å². The van der Waals surface area contributed by atoms with E-state index in [9.17, 15) is 26.7 Å². The van der Waals surface area contributed by atoms with Gasteiger partial charge in [-0.1, -0.05) is 0 Å². The number of nitrogen functional groups attached to an aromatic ring is 1. The van der Waals surface area contributed by atoms with E-state index in [4.69, 9.17) is 5.73 Å². The van der Waals surface area contributed by atoms with Crippen LogP contribution >= 0.6 is 11.3 Å². The first-order valence-corrected chi connectivity index (χ1v) is 7.60. The molecular weight excluding hydrogens is 331 g/mol. The number of nitrogens with one attached hydrogen (secondary N) is 1. The molecule has 0 saturated carbocycles. The van der Waals surface area contributed by atoms with E-state index >= 15 is 0 Å². The molecule has 0 aliphatic carbocycles. The van der Waals surface area contributed by atoms with Crippen LogP contribution in [0.15, 0.2) is 23.6 Å². The van der Waals surface area contributed by atoms with Gasteiger partial charge in [0.1, 0.15) is 5.75 Å². The van der Waals surface area contributed by atoms with Gasteiger partial charge in [-0.05, 0) is 18.2 Å². The number of nitrogens with zero attached hydrogens (tertiary/aromatic N) is 1. The Hall–Kier alpha value is -2.01. The standard InChI is InChI=1S/C10H8F3N3O3S2/c11-10(12,13)21(18,19)16-9-15-7(4-20-9)5-1-2-8(17)6(14)3-5/h1-4,17H,14H2,(H,15,16). The van der Waals surface area contributed by atoms with E-state index in [2.05, 4.69) is 4.98 Å². The van der Waals surface area contributed by atoms with Crippen LogP contribution in [-0.2, 0) is 10.0 Å². The molecule has 11 heteroatoms. The molecule has 0 saturated heterocycles. The molecule has 0 fully saturated rings. The molecule has 0 radical (unpaired) electrons. The number of sulfonamides is 1. The maximum Gasteiger partial charge on any atom is 0.516 e. The molecule has 6 nitrogen and oxygen atoms in total. The minimum absolute atomic E-state index is 0.0675. The third-order valence-electron chi connectivity index (χ3n) is 2.35. The van der Waals surface area contributed by atoms with Crippen molar-refractivity contribution in [3.8, 4) is 17.0 Å². The number of hydrogen-bond acceptors (Lipinski definition) is 6. The zero-order chi connectivity index (χ0) is 15.8. The molecule has 2 rings (SSSR count). The van der Waals surface area contributed by atoms with Crippen LogP contribution in [0.2, 0.25) is 0 Å². The van der Waals surface area contributed by atoms with Crippen molar-refractivity contribution in [3.63, 3.8) is 0 Å². The number of rotatable bonds is 3. The second-order valence-electron chi connectivity index (χ2n) is 3.86. The smallest absolute Gasteiger partial charge is 0.506 e. The molecule has 1 heterocycles. The van der Waals surface area contributed by atoms with Gasteiger partial charge in [-0.15, -0.1) is 11.3 Å². The topological polar surface area (TPSA) is 105 Å². The maximum atomic E-state index is 12.2. The highest BCUT2D eigenvalue weighted by atomic mass is 32.2. The summed E-state index contributed by atoms with van der Waals surface area (Å²) in [5.41, 5.74) is 0.800. The minimum atomic E-state index is -5.50. The number of aromatic hydroxyl groups is 1. The molecule has 0 aliphatic rings. The Bertz CT molecular complexity index is 771. The van der Waals surface area contributed by atoms with E-state index < -0.39 is 20.7 Å². The van der Waals surface area contributed by atoms with Crippen LogP contribution in [0.25, 0.3) is 11.3 Å². The van der Waals surface area contributed by atoms with Crippen LogP contribution in [0.3, 0.4) is 0 Å². The summed E-state index contributed by atoms with van der Waals surface area (Å²) in [6, 6.07) is 4.11. The molecule has 1 aromatic heterocycles. The number of alkyl halides is 3. The Balaban J connectivity index is 2.28. The number of phenols is 1. The van der Waals surface area contributed by atoms with Gasteiger partial charge in [0.25, 0.3) is 0 Å². The van der Waals surface area contributed by atoms with E-state index in [1.807, 2.05) is 0 Å². The van der Waals surface area contributed by atoms with Crippen LogP contribution in [0, 0.1) is 0 Å². The van der Waals surface area contributed by atoms with Gasteiger partial charge >= 0.3 is 15.5 Å². The van der Waals surface area contributed by atoms with Crippen molar-refractivity contribution < 1.29 is 26.7 Å². The average Bonchev–Trinajstić information content (AvgIpc) is 2.79. The summed E-state index contributed by atoms with van der Waals surface area (Å²) in [4.78, 5) is 3.74. The van der Waals surface area contributed by atoms with Gasteiger partial charge < -0.3 is 10.8 Å². The summed E-state index contributed by atoms with van der Waals surface area (Å²) in [5, 5.41) is 10.2. The molecule has 2 aromatic rings. The van der Waals surface area contributed by atoms with Gasteiger partial charge in [-0.2, -0.15) is 21.6 Å². The second kappa shape index (κ2) is 5.07. The second-order valence-corrected chi connectivity index (χ2v) is 6.39. The molecule has 0 spiro atoms. The summed E-state index contributed by atoms with van der Waals surface area (Å²) < 4.78 is 59.9. The van der Waals surface area contributed by atoms with Crippen molar-refractivity contribution in [2.24, 2.45) is 0 Å². The Kier molecular flexibility index (Phi) is 3.72. The third-order valence-corrected chi connectivity index (χ3v) is 4.31. The van der Waals surface area contributed by atoms with Crippen molar-refractivity contribution in [2.75, 3.05) is 10.5 Å². The van der Waals surface area contributed by atoms with Crippen LogP contribution in [-0.4, -0.2) is 24.0 Å². The van der Waals surface area contributed by atoms with E-state index in [0.29, 0.717) is 16.9 Å². The number of thiazole rings is 1. The fourth-order valence-electron chi connectivity index (χ4n) is 1.34. The van der Waals surface area contributed by atoms with Gasteiger partial charge in [0.2, 0.25) is 0 Å². The Morgan fingerprint density at radius 1 is 1.33 bits per heavy atom. The summed E-state index contributed by atoms with van der Waals surface area (Å²) in [7, 11) is -5.50. The number of hydrogen-bond donors (Lipinski definition) is 3. The fourth-order valence-corrected chi connectivity index (χ4v) is 2.82. The number of aromatic nitrogens is 1. The highest BCUT2D eigenvalue weighted by Crippen LogP contribution is 2.32. The Morgan fingerprint density at radius 3 is 2.57 bits per heavy atom. The molecule has 0 amide bonds. The molecule has 1 aromatic carbocycles. The zero-order valence-corrected chi connectivity index (χ0v) is 11.7. The number of halogens is 3. The molecule has 21 heavy (non-hydrogen) atoms. The summed E-state index contributed by atoms with van der Waals surface area (Å²) in [6.07, 6.45) is 0. The third kappa shape index (κ3) is 3.19. The molecular formula is C10H8F3N3O3S2. The first-order chi connectivity index (χ1) is 9.60. The molecule has 0 atom stereocenters. The van der Waals surface area contributed by atoms with Crippen LogP contribution in [0.4, 0.5) is 24.0 Å². The lowest BCUT2D eigenvalue weighted by molar-refractivity contribution is -0.0429. The fraction of sp³-hybridized carbons (Fsp3) is 0.100. The molecule has 0 aliphatic heterocycles. The van der Waals surface area contributed by atoms with Crippen LogP contribution in [0.1, 0.15) is 0 Å². The molecule has 114 valence electrons. The van der Waals surface area contributed by atoms with Crippen LogP contribution < -0.4 is 10.5 Å². The van der Waals surface area contributed by atoms with Crippen molar-refractivity contribution in [2.45, 2.75) is 5.51 Å². The van der Waals surface area contributed by atoms with Crippen molar-refractivity contribution in [1.29, 1.82) is 0 Å². The number of benzene rings is 1. The van der Waals surface area contributed by atoms with Gasteiger partial charge in [0.05, 0.1) is 11.4 Å². The number of nitrogens with two attached hydrogens (primary N) is 1. The lowest BCUT2D eigenvalue weighted by Gasteiger charge is -2.07. The lowest BCUT2D eigenvalue weighted by atomic mass is 10.1. The summed E-state index contributed by atoms with van der Waals surface area (Å²) >= 11 is 0.693.